The zero-order valence-electron chi connectivity index (χ0n) is 11.5. The molecule has 0 atom stereocenters. The highest BCUT2D eigenvalue weighted by Crippen LogP contribution is 2.41. The molecule has 100 valence electrons. The number of aromatic nitrogens is 1. The van der Waals surface area contributed by atoms with Gasteiger partial charge in [-0.15, -0.1) is 0 Å². The molecule has 0 spiro atoms. The topological polar surface area (TPSA) is 63.3 Å². The van der Waals surface area contributed by atoms with Crippen molar-refractivity contribution in [3.8, 4) is 0 Å². The highest BCUT2D eigenvalue weighted by molar-refractivity contribution is 5.86. The number of carbonyl (C=O) groups is 1. The number of carboxylic acids is 1. The molecule has 0 aromatic carbocycles. The number of carboxylic acid groups (broad SMARTS) is 1. The maximum absolute atomic E-state index is 11.3. The molecule has 1 fully saturated rings. The lowest BCUT2D eigenvalue weighted by Crippen LogP contribution is -2.19. The molecule has 1 heterocycles. The van der Waals surface area contributed by atoms with Crippen molar-refractivity contribution < 1.29 is 14.3 Å². The summed E-state index contributed by atoms with van der Waals surface area (Å²) in [6, 6.07) is 0. The van der Waals surface area contributed by atoms with E-state index in [4.69, 9.17) is 4.42 Å². The molecule has 0 radical (unpaired) electrons. The zero-order valence-corrected chi connectivity index (χ0v) is 11.5. The molecule has 18 heavy (non-hydrogen) atoms. The SMILES string of the molecule is CC(C)(C)c1nc(C2(C)CCCC2)oc1C(=O)O. The van der Waals surface area contributed by atoms with Gasteiger partial charge in [-0.1, -0.05) is 40.5 Å². The summed E-state index contributed by atoms with van der Waals surface area (Å²) < 4.78 is 5.58. The van der Waals surface area contributed by atoms with Gasteiger partial charge in [-0.3, -0.25) is 0 Å². The van der Waals surface area contributed by atoms with E-state index in [1.54, 1.807) is 0 Å². The average Bonchev–Trinajstić information content (AvgIpc) is 2.82. The molecule has 0 unspecified atom stereocenters. The second kappa shape index (κ2) is 4.11. The Morgan fingerprint density at radius 3 is 2.28 bits per heavy atom. The van der Waals surface area contributed by atoms with Crippen molar-refractivity contribution in [2.75, 3.05) is 0 Å². The summed E-state index contributed by atoms with van der Waals surface area (Å²) in [4.78, 5) is 15.8. The number of hydrogen-bond acceptors (Lipinski definition) is 3. The van der Waals surface area contributed by atoms with Crippen LogP contribution in [0.4, 0.5) is 0 Å². The Morgan fingerprint density at radius 2 is 1.89 bits per heavy atom. The second-order valence-electron chi connectivity index (χ2n) is 6.52. The Labute approximate surface area is 107 Å². The number of aromatic carboxylic acids is 1. The molecule has 1 saturated carbocycles. The third-order valence-electron chi connectivity index (χ3n) is 3.76. The molecule has 0 saturated heterocycles. The molecule has 4 heteroatoms. The number of hydrogen-bond donors (Lipinski definition) is 1. The van der Waals surface area contributed by atoms with E-state index in [2.05, 4.69) is 11.9 Å². The van der Waals surface area contributed by atoms with Gasteiger partial charge in [0.05, 0.1) is 5.69 Å². The quantitative estimate of drug-likeness (QED) is 0.873. The predicted molar refractivity (Wildman–Crippen MR) is 68.0 cm³/mol. The van der Waals surface area contributed by atoms with E-state index >= 15 is 0 Å². The number of rotatable bonds is 2. The van der Waals surface area contributed by atoms with Gasteiger partial charge in [0.1, 0.15) is 0 Å². The summed E-state index contributed by atoms with van der Waals surface area (Å²) in [5.74, 6) is -0.423. The van der Waals surface area contributed by atoms with Crippen molar-refractivity contribution in [1.82, 2.24) is 4.98 Å². The third kappa shape index (κ3) is 2.16. The van der Waals surface area contributed by atoms with Gasteiger partial charge in [-0.05, 0) is 12.8 Å². The van der Waals surface area contributed by atoms with Crippen molar-refractivity contribution >= 4 is 5.97 Å². The average molecular weight is 251 g/mol. The largest absolute Gasteiger partial charge is 0.475 e. The number of nitrogens with zero attached hydrogens (tertiary/aromatic N) is 1. The molecule has 1 N–H and O–H groups in total. The summed E-state index contributed by atoms with van der Waals surface area (Å²) in [6.07, 6.45) is 4.37. The highest BCUT2D eigenvalue weighted by atomic mass is 16.4. The van der Waals surface area contributed by atoms with Gasteiger partial charge >= 0.3 is 5.97 Å². The van der Waals surface area contributed by atoms with Gasteiger partial charge in [0.25, 0.3) is 0 Å². The van der Waals surface area contributed by atoms with Crippen LogP contribution < -0.4 is 0 Å². The van der Waals surface area contributed by atoms with Gasteiger partial charge in [0, 0.05) is 10.8 Å². The third-order valence-corrected chi connectivity index (χ3v) is 3.76. The minimum absolute atomic E-state index is 0.00521. The summed E-state index contributed by atoms with van der Waals surface area (Å²) in [6.45, 7) is 7.98. The molecular weight excluding hydrogens is 230 g/mol. The molecule has 2 rings (SSSR count). The molecule has 4 nitrogen and oxygen atoms in total. The van der Waals surface area contributed by atoms with Crippen LogP contribution in [0.1, 0.15) is 75.5 Å². The van der Waals surface area contributed by atoms with E-state index in [9.17, 15) is 9.90 Å². The fraction of sp³-hybridized carbons (Fsp3) is 0.714. The van der Waals surface area contributed by atoms with E-state index < -0.39 is 5.97 Å². The van der Waals surface area contributed by atoms with E-state index in [0.29, 0.717) is 11.6 Å². The Morgan fingerprint density at radius 1 is 1.33 bits per heavy atom. The van der Waals surface area contributed by atoms with Crippen LogP contribution in [-0.4, -0.2) is 16.1 Å². The maximum atomic E-state index is 11.3. The van der Waals surface area contributed by atoms with Gasteiger partial charge in [0.2, 0.25) is 11.7 Å². The molecule has 1 aromatic heterocycles. The van der Waals surface area contributed by atoms with Crippen molar-refractivity contribution in [3.63, 3.8) is 0 Å². The molecule has 0 aliphatic heterocycles. The fourth-order valence-electron chi connectivity index (χ4n) is 2.60. The van der Waals surface area contributed by atoms with Crippen LogP contribution in [0.25, 0.3) is 0 Å². The van der Waals surface area contributed by atoms with Crippen molar-refractivity contribution in [3.05, 3.63) is 17.3 Å². The number of oxazole rings is 1. The Balaban J connectivity index is 2.49. The van der Waals surface area contributed by atoms with E-state index in [-0.39, 0.29) is 16.6 Å². The van der Waals surface area contributed by atoms with Crippen LogP contribution in [0.15, 0.2) is 4.42 Å². The first-order valence-corrected chi connectivity index (χ1v) is 6.49. The van der Waals surface area contributed by atoms with Crippen LogP contribution in [0, 0.1) is 0 Å². The molecular formula is C14H21NO3. The van der Waals surface area contributed by atoms with E-state index in [1.165, 1.54) is 0 Å². The summed E-state index contributed by atoms with van der Waals surface area (Å²) in [5.41, 5.74) is 0.149. The summed E-state index contributed by atoms with van der Waals surface area (Å²) in [5, 5.41) is 9.24. The highest BCUT2D eigenvalue weighted by Gasteiger charge is 2.38. The first-order chi connectivity index (χ1) is 8.24. The Hall–Kier alpha value is -1.32. The molecule has 1 aromatic rings. The minimum Gasteiger partial charge on any atom is -0.475 e. The minimum atomic E-state index is -1.03. The molecule has 1 aliphatic rings. The summed E-state index contributed by atoms with van der Waals surface area (Å²) >= 11 is 0. The maximum Gasteiger partial charge on any atom is 0.373 e. The van der Waals surface area contributed by atoms with Crippen LogP contribution >= 0.6 is 0 Å². The monoisotopic (exact) mass is 251 g/mol. The smallest absolute Gasteiger partial charge is 0.373 e. The van der Waals surface area contributed by atoms with Gasteiger partial charge in [-0.2, -0.15) is 0 Å². The predicted octanol–water partition coefficient (Wildman–Crippen LogP) is 3.50. The zero-order chi connectivity index (χ0) is 13.6. The molecule has 1 aliphatic carbocycles. The molecule has 0 bridgehead atoms. The lowest BCUT2D eigenvalue weighted by Gasteiger charge is -2.18. The van der Waals surface area contributed by atoms with Gasteiger partial charge < -0.3 is 9.52 Å². The standard InChI is InChI=1S/C14H21NO3/c1-13(2,3)10-9(11(16)17)18-12(15-10)14(4)7-5-6-8-14/h5-8H2,1-4H3,(H,16,17). The summed E-state index contributed by atoms with van der Waals surface area (Å²) in [7, 11) is 0. The van der Waals surface area contributed by atoms with Gasteiger partial charge in [0.15, 0.2) is 0 Å². The van der Waals surface area contributed by atoms with Crippen LogP contribution in [-0.2, 0) is 10.8 Å². The Bertz CT molecular complexity index is 462. The van der Waals surface area contributed by atoms with Crippen LogP contribution in [0.5, 0.6) is 0 Å². The van der Waals surface area contributed by atoms with Crippen molar-refractivity contribution in [1.29, 1.82) is 0 Å². The van der Waals surface area contributed by atoms with Gasteiger partial charge in [-0.25, -0.2) is 9.78 Å². The molecule has 0 amide bonds. The first kappa shape index (κ1) is 13.1. The van der Waals surface area contributed by atoms with E-state index in [1.807, 2.05) is 20.8 Å². The first-order valence-electron chi connectivity index (χ1n) is 6.49. The van der Waals surface area contributed by atoms with Crippen LogP contribution in [0.2, 0.25) is 0 Å². The lowest BCUT2D eigenvalue weighted by atomic mass is 9.88. The van der Waals surface area contributed by atoms with E-state index in [0.717, 1.165) is 25.7 Å². The van der Waals surface area contributed by atoms with Crippen molar-refractivity contribution in [2.45, 2.75) is 64.2 Å². The lowest BCUT2D eigenvalue weighted by molar-refractivity contribution is 0.0654. The second-order valence-corrected chi connectivity index (χ2v) is 6.52. The van der Waals surface area contributed by atoms with Crippen LogP contribution in [0.3, 0.4) is 0 Å². The normalized spacial score (nSPS) is 19.1. The fourth-order valence-corrected chi connectivity index (χ4v) is 2.60. The Kier molecular flexibility index (Phi) is 2.99. The van der Waals surface area contributed by atoms with Crippen molar-refractivity contribution in [2.24, 2.45) is 0 Å².